The van der Waals surface area contributed by atoms with Gasteiger partial charge >= 0.3 is 11.9 Å². The minimum atomic E-state index is -1.59. The normalized spacial score (nSPS) is 15.6. The molecule has 0 heterocycles. The Balaban J connectivity index is 5.53. The molecule has 0 aromatic carbocycles. The van der Waals surface area contributed by atoms with Crippen LogP contribution >= 0.6 is 0 Å². The van der Waals surface area contributed by atoms with Gasteiger partial charge in [-0.1, -0.05) is 20.3 Å². The fourth-order valence-corrected chi connectivity index (χ4v) is 2.31. The lowest BCUT2D eigenvalue weighted by atomic mass is 9.98. The predicted molar refractivity (Wildman–Crippen MR) is 103 cm³/mol. The number of aliphatic carboxylic acids is 2. The van der Waals surface area contributed by atoms with Crippen molar-refractivity contribution in [2.24, 2.45) is 17.4 Å². The SMILES string of the molecule is CCC(C)C(NC(=O)C(CC(N)=O)NC(=O)C(CC(=O)O)NC(=O)C(C)N)C(=O)O. The van der Waals surface area contributed by atoms with Gasteiger partial charge in [0.2, 0.25) is 23.6 Å². The molecule has 0 aliphatic carbocycles. The number of carboxylic acid groups (broad SMARTS) is 2. The van der Waals surface area contributed by atoms with Crippen LogP contribution in [-0.4, -0.2) is 69.9 Å². The summed E-state index contributed by atoms with van der Waals surface area (Å²) in [4.78, 5) is 70.4. The largest absolute Gasteiger partial charge is 0.481 e. The Hall–Kier alpha value is -3.22. The van der Waals surface area contributed by atoms with Crippen LogP contribution in [-0.2, 0) is 28.8 Å². The molecule has 0 saturated heterocycles. The Kier molecular flexibility index (Phi) is 11.0. The highest BCUT2D eigenvalue weighted by Crippen LogP contribution is 2.09. The van der Waals surface area contributed by atoms with E-state index in [2.05, 4.69) is 16.0 Å². The number of hydrogen-bond acceptors (Lipinski definition) is 7. The second kappa shape index (κ2) is 12.4. The highest BCUT2D eigenvalue weighted by Gasteiger charge is 2.33. The van der Waals surface area contributed by atoms with Crippen LogP contribution in [0.15, 0.2) is 0 Å². The maximum atomic E-state index is 12.5. The zero-order chi connectivity index (χ0) is 23.6. The molecule has 0 saturated carbocycles. The summed E-state index contributed by atoms with van der Waals surface area (Å²) in [5, 5.41) is 24.7. The zero-order valence-corrected chi connectivity index (χ0v) is 17.0. The molecule has 0 aliphatic rings. The summed E-state index contributed by atoms with van der Waals surface area (Å²) in [5.41, 5.74) is 10.5. The number of amides is 4. The smallest absolute Gasteiger partial charge is 0.326 e. The number of hydrogen-bond donors (Lipinski definition) is 7. The van der Waals surface area contributed by atoms with Crippen LogP contribution < -0.4 is 27.4 Å². The quantitative estimate of drug-likeness (QED) is 0.160. The van der Waals surface area contributed by atoms with Crippen molar-refractivity contribution in [1.82, 2.24) is 16.0 Å². The number of primary amides is 1. The number of nitrogens with two attached hydrogens (primary N) is 2. The Morgan fingerprint density at radius 3 is 1.70 bits per heavy atom. The standard InChI is InChI=1S/C17H29N5O8/c1-4-7(2)13(17(29)30)22-16(28)9(5-11(19)23)21-15(27)10(6-12(24)25)20-14(26)8(3)18/h7-10,13H,4-6,18H2,1-3H3,(H2,19,23)(H,20,26)(H,21,27)(H,22,28)(H,24,25)(H,29,30). The van der Waals surface area contributed by atoms with E-state index in [1.165, 1.54) is 6.92 Å². The van der Waals surface area contributed by atoms with Crippen LogP contribution in [0.2, 0.25) is 0 Å². The first-order chi connectivity index (χ1) is 13.8. The number of carbonyl (C=O) groups excluding carboxylic acids is 4. The average molecular weight is 431 g/mol. The number of carboxylic acids is 2. The highest BCUT2D eigenvalue weighted by molar-refractivity contribution is 5.97. The van der Waals surface area contributed by atoms with Crippen molar-refractivity contribution in [3.05, 3.63) is 0 Å². The van der Waals surface area contributed by atoms with Crippen LogP contribution in [0.5, 0.6) is 0 Å². The van der Waals surface area contributed by atoms with Crippen LogP contribution in [0, 0.1) is 5.92 Å². The van der Waals surface area contributed by atoms with E-state index < -0.39 is 78.5 Å². The molecule has 30 heavy (non-hydrogen) atoms. The van der Waals surface area contributed by atoms with Gasteiger partial charge in [-0.15, -0.1) is 0 Å². The van der Waals surface area contributed by atoms with E-state index in [1.54, 1.807) is 13.8 Å². The molecule has 5 atom stereocenters. The molecule has 0 bridgehead atoms. The number of carbonyl (C=O) groups is 6. The average Bonchev–Trinajstić information content (AvgIpc) is 2.62. The molecule has 9 N–H and O–H groups in total. The lowest BCUT2D eigenvalue weighted by molar-refractivity contribution is -0.144. The zero-order valence-electron chi connectivity index (χ0n) is 17.0. The molecule has 0 aromatic rings. The monoisotopic (exact) mass is 431 g/mol. The van der Waals surface area contributed by atoms with Gasteiger partial charge in [0, 0.05) is 0 Å². The van der Waals surface area contributed by atoms with Gasteiger partial charge in [-0.3, -0.25) is 24.0 Å². The van der Waals surface area contributed by atoms with E-state index >= 15 is 0 Å². The van der Waals surface area contributed by atoms with E-state index in [0.717, 1.165) is 0 Å². The van der Waals surface area contributed by atoms with E-state index in [0.29, 0.717) is 6.42 Å². The number of nitrogens with one attached hydrogen (secondary N) is 3. The second-order valence-electron chi connectivity index (χ2n) is 6.89. The summed E-state index contributed by atoms with van der Waals surface area (Å²) in [6.07, 6.45) is -1.07. The fraction of sp³-hybridized carbons (Fsp3) is 0.647. The van der Waals surface area contributed by atoms with Gasteiger partial charge in [-0.2, -0.15) is 0 Å². The Morgan fingerprint density at radius 2 is 1.30 bits per heavy atom. The topological polar surface area (TPSA) is 231 Å². The van der Waals surface area contributed by atoms with Crippen molar-refractivity contribution in [2.45, 2.75) is 64.2 Å². The lowest BCUT2D eigenvalue weighted by Gasteiger charge is -2.25. The Bertz CT molecular complexity index is 681. The second-order valence-corrected chi connectivity index (χ2v) is 6.89. The molecule has 5 unspecified atom stereocenters. The highest BCUT2D eigenvalue weighted by atomic mass is 16.4. The van der Waals surface area contributed by atoms with Crippen molar-refractivity contribution < 1.29 is 39.0 Å². The van der Waals surface area contributed by atoms with Crippen molar-refractivity contribution in [3.63, 3.8) is 0 Å². The number of rotatable bonds is 13. The van der Waals surface area contributed by atoms with Gasteiger partial charge < -0.3 is 37.6 Å². The summed E-state index contributed by atoms with van der Waals surface area (Å²) < 4.78 is 0. The third-order valence-corrected chi connectivity index (χ3v) is 4.24. The maximum Gasteiger partial charge on any atom is 0.326 e. The minimum absolute atomic E-state index is 0.425. The van der Waals surface area contributed by atoms with Crippen LogP contribution in [0.1, 0.15) is 40.0 Å². The maximum absolute atomic E-state index is 12.5. The van der Waals surface area contributed by atoms with Crippen molar-refractivity contribution in [3.8, 4) is 0 Å². The molecule has 0 aliphatic heterocycles. The Morgan fingerprint density at radius 1 is 0.833 bits per heavy atom. The minimum Gasteiger partial charge on any atom is -0.481 e. The van der Waals surface area contributed by atoms with Gasteiger partial charge in [-0.05, 0) is 12.8 Å². The molecular formula is C17H29N5O8. The molecule has 170 valence electrons. The van der Waals surface area contributed by atoms with Crippen molar-refractivity contribution >= 4 is 35.6 Å². The molecule has 13 nitrogen and oxygen atoms in total. The summed E-state index contributed by atoms with van der Waals surface area (Å²) >= 11 is 0. The molecule has 4 amide bonds. The molecule has 0 fully saturated rings. The molecule has 0 spiro atoms. The summed E-state index contributed by atoms with van der Waals surface area (Å²) in [7, 11) is 0. The van der Waals surface area contributed by atoms with Gasteiger partial charge in [0.25, 0.3) is 0 Å². The van der Waals surface area contributed by atoms with E-state index in [1.807, 2.05) is 0 Å². The molecule has 0 aromatic heterocycles. The van der Waals surface area contributed by atoms with E-state index in [4.69, 9.17) is 16.6 Å². The first kappa shape index (κ1) is 26.8. The summed E-state index contributed by atoms with van der Waals surface area (Å²) in [6.45, 7) is 4.62. The predicted octanol–water partition coefficient (Wildman–Crippen LogP) is -2.73. The summed E-state index contributed by atoms with van der Waals surface area (Å²) in [6, 6.07) is -5.49. The van der Waals surface area contributed by atoms with Crippen molar-refractivity contribution in [2.75, 3.05) is 0 Å². The van der Waals surface area contributed by atoms with Gasteiger partial charge in [-0.25, -0.2) is 4.79 Å². The third kappa shape index (κ3) is 9.32. The van der Waals surface area contributed by atoms with Gasteiger partial charge in [0.1, 0.15) is 18.1 Å². The molecule has 13 heteroatoms. The molecular weight excluding hydrogens is 402 g/mol. The van der Waals surface area contributed by atoms with Crippen LogP contribution in [0.25, 0.3) is 0 Å². The van der Waals surface area contributed by atoms with Crippen LogP contribution in [0.3, 0.4) is 0 Å². The third-order valence-electron chi connectivity index (χ3n) is 4.24. The molecule has 0 radical (unpaired) electrons. The van der Waals surface area contributed by atoms with Gasteiger partial charge in [0.05, 0.1) is 18.9 Å². The Labute approximate surface area is 172 Å². The fourth-order valence-electron chi connectivity index (χ4n) is 2.31. The lowest BCUT2D eigenvalue weighted by Crippen LogP contribution is -2.58. The molecule has 0 rings (SSSR count). The first-order valence-corrected chi connectivity index (χ1v) is 9.19. The summed E-state index contributed by atoms with van der Waals surface area (Å²) in [5.74, 6) is -7.05. The van der Waals surface area contributed by atoms with Crippen molar-refractivity contribution in [1.29, 1.82) is 0 Å². The van der Waals surface area contributed by atoms with Gasteiger partial charge in [0.15, 0.2) is 0 Å². The first-order valence-electron chi connectivity index (χ1n) is 9.19. The van der Waals surface area contributed by atoms with Crippen LogP contribution in [0.4, 0.5) is 0 Å². The van der Waals surface area contributed by atoms with E-state index in [-0.39, 0.29) is 0 Å². The van der Waals surface area contributed by atoms with E-state index in [9.17, 15) is 33.9 Å².